The Labute approximate surface area is 440 Å². The highest BCUT2D eigenvalue weighted by atomic mass is 32.1. The summed E-state index contributed by atoms with van der Waals surface area (Å²) in [6, 6.07) is 54.0. The van der Waals surface area contributed by atoms with Gasteiger partial charge in [-0.2, -0.15) is 0 Å². The van der Waals surface area contributed by atoms with Gasteiger partial charge in [-0.15, -0.1) is 11.3 Å². The average Bonchev–Trinajstić information content (AvgIpc) is 3.82. The summed E-state index contributed by atoms with van der Waals surface area (Å²) in [5.41, 5.74) is 31.9. The van der Waals surface area contributed by atoms with E-state index in [0.717, 1.165) is 11.8 Å². The van der Waals surface area contributed by atoms with Gasteiger partial charge in [0.15, 0.2) is 0 Å². The van der Waals surface area contributed by atoms with Crippen LogP contribution < -0.4 is 32.8 Å². The minimum absolute atomic E-state index is 0.156. The first-order chi connectivity index (χ1) is 35.0. The highest BCUT2D eigenvalue weighted by molar-refractivity contribution is 7.25. The van der Waals surface area contributed by atoms with Crippen LogP contribution in [0.15, 0.2) is 133 Å². The molecule has 5 atom stereocenters. The third-order valence-electron chi connectivity index (χ3n) is 19.8. The lowest BCUT2D eigenvalue weighted by Gasteiger charge is -2.49. The van der Waals surface area contributed by atoms with Crippen molar-refractivity contribution in [3.8, 4) is 11.1 Å². The van der Waals surface area contributed by atoms with Crippen LogP contribution in [0.25, 0.3) is 31.3 Å². The van der Waals surface area contributed by atoms with Crippen molar-refractivity contribution in [1.29, 1.82) is 0 Å². The van der Waals surface area contributed by atoms with E-state index in [1.165, 1.54) is 163 Å². The fourth-order valence-corrected chi connectivity index (χ4v) is 18.4. The van der Waals surface area contributed by atoms with Crippen molar-refractivity contribution in [3.63, 3.8) is 0 Å². The zero-order chi connectivity index (χ0) is 50.6. The molecule has 0 aliphatic heterocycles. The van der Waals surface area contributed by atoms with Crippen molar-refractivity contribution in [2.75, 3.05) is 0 Å². The standard InChI is InChI=1S/C70H70B2S/c1-40-25-44(5)64(45(6)26-40)71(65-46(7)27-41(2)28-47(65)8)57-20-18-55(19-21-57)68-35-54-36-69(61(54)37-68)39-70(69,38-68)56-16-13-52(14-17-56)53-15-23-62-59(33-53)60-34-58(22-24-63(60)73-62)72(66-48(9)29-42(3)30-49(66)10)67-50(11)31-43(4)32-51(67)12/h13-34,54,61H,35-39H2,1-12H3. The third-order valence-corrected chi connectivity index (χ3v) is 21.0. The van der Waals surface area contributed by atoms with Gasteiger partial charge in [0.05, 0.1) is 0 Å². The molecule has 362 valence electrons. The first kappa shape index (κ1) is 46.9. The van der Waals surface area contributed by atoms with Crippen LogP contribution in [-0.4, -0.2) is 13.4 Å². The van der Waals surface area contributed by atoms with E-state index in [-0.39, 0.29) is 24.3 Å². The summed E-state index contributed by atoms with van der Waals surface area (Å²) in [5, 5.41) is 2.74. The highest BCUT2D eigenvalue weighted by Gasteiger charge is 2.83. The van der Waals surface area contributed by atoms with Gasteiger partial charge in [0, 0.05) is 20.2 Å². The van der Waals surface area contributed by atoms with Crippen LogP contribution in [0.2, 0.25) is 0 Å². The van der Waals surface area contributed by atoms with E-state index in [4.69, 9.17) is 0 Å². The molecule has 2 bridgehead atoms. The zero-order valence-corrected chi connectivity index (χ0v) is 46.3. The molecular formula is C70H70B2S. The number of hydrogen-bond acceptors (Lipinski definition) is 1. The fraction of sp³-hybridized carbons (Fsp3) is 0.314. The Balaban J connectivity index is 0.831. The number of benzene rings is 8. The zero-order valence-electron chi connectivity index (χ0n) is 45.5. The van der Waals surface area contributed by atoms with Gasteiger partial charge in [-0.1, -0.05) is 215 Å². The molecule has 0 N–H and O–H groups in total. The maximum absolute atomic E-state index is 2.58. The number of thiophene rings is 1. The van der Waals surface area contributed by atoms with Crippen molar-refractivity contribution < 1.29 is 0 Å². The molecule has 4 aliphatic carbocycles. The Hall–Kier alpha value is -5.89. The molecule has 0 amide bonds. The summed E-state index contributed by atoms with van der Waals surface area (Å²) in [6.45, 7) is 27.9. The van der Waals surface area contributed by atoms with Crippen molar-refractivity contribution in [2.24, 2.45) is 17.3 Å². The normalized spacial score (nSPS) is 22.4. The van der Waals surface area contributed by atoms with E-state index in [0.29, 0.717) is 5.41 Å². The van der Waals surface area contributed by atoms with Crippen molar-refractivity contribution in [1.82, 2.24) is 0 Å². The number of rotatable bonds is 9. The minimum atomic E-state index is 0.156. The maximum Gasteiger partial charge on any atom is 0.242 e. The van der Waals surface area contributed by atoms with Crippen LogP contribution in [0, 0.1) is 100 Å². The molecule has 3 heteroatoms. The van der Waals surface area contributed by atoms with Gasteiger partial charge < -0.3 is 0 Å². The number of fused-ring (bicyclic) bond motifs is 4. The SMILES string of the molecule is Cc1cc(C)c(B(c2ccc(C34CC5CC6(CC6(c6ccc(-c7ccc8sc9ccc(B(c%10c(C)cc(C)cc%10C)c%10c(C)cc(C)cc%10C)cc9c8c7)cc6)C3)C5C4)cc2)c2c(C)cc(C)cc2C)c(C)c1. The molecule has 0 nitrogen and oxygen atoms in total. The largest absolute Gasteiger partial charge is 0.242 e. The van der Waals surface area contributed by atoms with Gasteiger partial charge in [-0.3, -0.25) is 0 Å². The van der Waals surface area contributed by atoms with Gasteiger partial charge in [0.25, 0.3) is 0 Å². The molecular weight excluding hydrogens is 894 g/mol. The van der Waals surface area contributed by atoms with E-state index >= 15 is 0 Å². The van der Waals surface area contributed by atoms with Gasteiger partial charge in [-0.05, 0) is 184 Å². The summed E-state index contributed by atoms with van der Waals surface area (Å²) < 4.78 is 2.72. The molecule has 8 aromatic carbocycles. The molecule has 1 aromatic heterocycles. The smallest absolute Gasteiger partial charge is 0.135 e. The quantitative estimate of drug-likeness (QED) is 0.126. The molecule has 0 radical (unpaired) electrons. The predicted molar refractivity (Wildman–Crippen MR) is 319 cm³/mol. The molecule has 0 saturated heterocycles. The van der Waals surface area contributed by atoms with E-state index < -0.39 is 0 Å². The predicted octanol–water partition coefficient (Wildman–Crippen LogP) is 13.9. The van der Waals surface area contributed by atoms with Gasteiger partial charge >= 0.3 is 0 Å². The van der Waals surface area contributed by atoms with Crippen LogP contribution in [0.3, 0.4) is 0 Å². The van der Waals surface area contributed by atoms with E-state index in [2.05, 4.69) is 217 Å². The van der Waals surface area contributed by atoms with Gasteiger partial charge in [0.2, 0.25) is 13.4 Å². The molecule has 73 heavy (non-hydrogen) atoms. The van der Waals surface area contributed by atoms with Crippen LogP contribution in [0.1, 0.15) is 110 Å². The molecule has 4 aliphatic rings. The van der Waals surface area contributed by atoms with Crippen molar-refractivity contribution in [3.05, 3.63) is 211 Å². The monoisotopic (exact) mass is 965 g/mol. The second-order valence-electron chi connectivity index (χ2n) is 24.7. The Morgan fingerprint density at radius 3 is 1.29 bits per heavy atom. The van der Waals surface area contributed by atoms with E-state index in [9.17, 15) is 0 Å². The molecule has 1 spiro atoms. The first-order valence-corrected chi connectivity index (χ1v) is 28.3. The molecule has 9 aromatic rings. The molecule has 4 saturated carbocycles. The Kier molecular flexibility index (Phi) is 10.6. The third kappa shape index (κ3) is 7.07. The van der Waals surface area contributed by atoms with Crippen LogP contribution in [0.4, 0.5) is 0 Å². The van der Waals surface area contributed by atoms with Crippen LogP contribution in [0.5, 0.6) is 0 Å². The lowest BCUT2D eigenvalue weighted by molar-refractivity contribution is 0.0415. The second kappa shape index (κ2) is 16.6. The summed E-state index contributed by atoms with van der Waals surface area (Å²) in [7, 11) is 0. The Morgan fingerprint density at radius 1 is 0.384 bits per heavy atom. The Morgan fingerprint density at radius 2 is 0.795 bits per heavy atom. The molecule has 5 unspecified atom stereocenters. The van der Waals surface area contributed by atoms with Crippen molar-refractivity contribution >= 4 is 77.7 Å². The maximum atomic E-state index is 2.58. The first-order valence-electron chi connectivity index (χ1n) is 27.4. The van der Waals surface area contributed by atoms with Gasteiger partial charge in [-0.25, -0.2) is 0 Å². The van der Waals surface area contributed by atoms with Gasteiger partial charge in [0.1, 0.15) is 0 Å². The van der Waals surface area contributed by atoms with E-state index in [1.807, 2.05) is 11.3 Å². The molecule has 1 heterocycles. The minimum Gasteiger partial charge on any atom is -0.135 e. The van der Waals surface area contributed by atoms with Crippen molar-refractivity contribution in [2.45, 2.75) is 126 Å². The topological polar surface area (TPSA) is 0 Å². The number of aryl methyl sites for hydroxylation is 12. The van der Waals surface area contributed by atoms with Crippen LogP contribution >= 0.6 is 11.3 Å². The van der Waals surface area contributed by atoms with Crippen LogP contribution in [-0.2, 0) is 10.8 Å². The molecule has 4 fully saturated rings. The summed E-state index contributed by atoms with van der Waals surface area (Å²) >= 11 is 1.93. The summed E-state index contributed by atoms with van der Waals surface area (Å²) in [5.74, 6) is 1.74. The summed E-state index contributed by atoms with van der Waals surface area (Å²) in [6.07, 6.45) is 6.83. The number of hydrogen-bond donors (Lipinski definition) is 0. The van der Waals surface area contributed by atoms with E-state index in [1.54, 1.807) is 11.1 Å². The summed E-state index contributed by atoms with van der Waals surface area (Å²) in [4.78, 5) is 0. The lowest BCUT2D eigenvalue weighted by Crippen LogP contribution is -2.55. The lowest BCUT2D eigenvalue weighted by atomic mass is 9.34. The fourth-order valence-electron chi connectivity index (χ4n) is 17.4. The second-order valence-corrected chi connectivity index (χ2v) is 25.8. The highest BCUT2D eigenvalue weighted by Crippen LogP contribution is 2.89. The molecule has 13 rings (SSSR count). The Bertz CT molecular complexity index is 3570. The average molecular weight is 965 g/mol.